The Morgan fingerprint density at radius 2 is 1.62 bits per heavy atom. The summed E-state index contributed by atoms with van der Waals surface area (Å²) in [6, 6.07) is 4.28. The Hall–Kier alpha value is -1.26. The van der Waals surface area contributed by atoms with Gasteiger partial charge in [-0.25, -0.2) is 9.98 Å². The molecule has 0 unspecified atom stereocenters. The summed E-state index contributed by atoms with van der Waals surface area (Å²) in [6.07, 6.45) is 2.73. The van der Waals surface area contributed by atoms with Crippen molar-refractivity contribution in [3.8, 4) is 0 Å². The molecule has 26 heavy (non-hydrogen) atoms. The first-order valence-corrected chi connectivity index (χ1v) is 11.1. The van der Waals surface area contributed by atoms with E-state index >= 15 is 0 Å². The van der Waals surface area contributed by atoms with E-state index in [9.17, 15) is 4.79 Å². The van der Waals surface area contributed by atoms with Crippen LogP contribution in [0.5, 0.6) is 0 Å². The first-order chi connectivity index (χ1) is 12.2. The number of hydrogen-bond acceptors (Lipinski definition) is 3. The van der Waals surface area contributed by atoms with Crippen molar-refractivity contribution >= 4 is 48.9 Å². The average molecular weight is 436 g/mol. The molecule has 1 aliphatic heterocycles. The van der Waals surface area contributed by atoms with E-state index in [2.05, 4.69) is 42.9 Å². The monoisotopic (exact) mass is 435 g/mol. The van der Waals surface area contributed by atoms with Gasteiger partial charge < -0.3 is 0 Å². The van der Waals surface area contributed by atoms with Crippen LogP contribution in [-0.2, 0) is 17.9 Å². The second kappa shape index (κ2) is 10.8. The molecular weight excluding hydrogens is 413 g/mol. The van der Waals surface area contributed by atoms with Gasteiger partial charge in [0.1, 0.15) is 0 Å². The summed E-state index contributed by atoms with van der Waals surface area (Å²) in [4.78, 5) is 24.4. The van der Waals surface area contributed by atoms with Gasteiger partial charge in [0.15, 0.2) is 0 Å². The number of allylic oxidation sites excluding steroid dienone is 2. The Morgan fingerprint density at radius 3 is 2.12 bits per heavy atom. The molecule has 1 amide bonds. The van der Waals surface area contributed by atoms with Crippen molar-refractivity contribution in [1.29, 1.82) is 0 Å². The Morgan fingerprint density at radius 1 is 1.08 bits per heavy atom. The SMILES string of the molecule is CC(=O)N=C(C)C1=NC(C(C)=Nc2c(C)cc(C)cc2C)=CC1.[Cl][Fe][Cl]. The number of carbonyl (C=O) groups excluding carboxylic acids is 1. The first-order valence-electron chi connectivity index (χ1n) is 8.02. The zero-order valence-corrected chi connectivity index (χ0v) is 18.4. The molecule has 0 bridgehead atoms. The van der Waals surface area contributed by atoms with Gasteiger partial charge in [-0.3, -0.25) is 9.79 Å². The second-order valence-electron chi connectivity index (χ2n) is 6.06. The molecule has 142 valence electrons. The minimum atomic E-state index is -0.199. The normalized spacial score (nSPS) is 14.6. The summed E-state index contributed by atoms with van der Waals surface area (Å²) in [5.74, 6) is -0.199. The summed E-state index contributed by atoms with van der Waals surface area (Å²) in [5.41, 5.74) is 7.84. The van der Waals surface area contributed by atoms with E-state index in [4.69, 9.17) is 25.2 Å². The number of hydrogen-bond donors (Lipinski definition) is 0. The number of aryl methyl sites for hydroxylation is 3. The van der Waals surface area contributed by atoms with Crippen molar-refractivity contribution in [3.05, 3.63) is 40.6 Å². The second-order valence-corrected chi connectivity index (χ2v) is 7.89. The van der Waals surface area contributed by atoms with Crippen molar-refractivity contribution in [2.45, 2.75) is 48.0 Å². The molecule has 0 aliphatic carbocycles. The predicted octanol–water partition coefficient (Wildman–Crippen LogP) is 5.82. The minimum absolute atomic E-state index is 0.194. The molecule has 0 N–H and O–H groups in total. The summed E-state index contributed by atoms with van der Waals surface area (Å²) >= 11 is 0.194. The van der Waals surface area contributed by atoms with Crippen LogP contribution >= 0.6 is 20.2 Å². The van der Waals surface area contributed by atoms with Crippen LogP contribution in [0.15, 0.2) is 38.9 Å². The maximum atomic E-state index is 11.1. The van der Waals surface area contributed by atoms with E-state index in [0.717, 1.165) is 22.8 Å². The molecule has 0 radical (unpaired) electrons. The molecule has 0 aromatic heterocycles. The van der Waals surface area contributed by atoms with Crippen molar-refractivity contribution in [3.63, 3.8) is 0 Å². The van der Waals surface area contributed by atoms with E-state index < -0.39 is 0 Å². The van der Waals surface area contributed by atoms with E-state index in [0.29, 0.717) is 12.1 Å². The number of aliphatic imine (C=N–C) groups is 3. The maximum absolute atomic E-state index is 11.1. The zero-order valence-electron chi connectivity index (χ0n) is 15.8. The quantitative estimate of drug-likeness (QED) is 0.436. The molecule has 0 saturated heterocycles. The van der Waals surface area contributed by atoms with Gasteiger partial charge in [-0.15, -0.1) is 0 Å². The molecule has 1 aromatic rings. The predicted molar refractivity (Wildman–Crippen MR) is 109 cm³/mol. The third-order valence-corrected chi connectivity index (χ3v) is 3.77. The van der Waals surface area contributed by atoms with Crippen LogP contribution in [0, 0.1) is 20.8 Å². The van der Waals surface area contributed by atoms with Crippen molar-refractivity contribution in [2.75, 3.05) is 0 Å². The Kier molecular flexibility index (Phi) is 9.45. The third-order valence-electron chi connectivity index (χ3n) is 3.77. The summed E-state index contributed by atoms with van der Waals surface area (Å²) in [5, 5.41) is 0. The summed E-state index contributed by atoms with van der Waals surface area (Å²) in [6.45, 7) is 11.5. The number of halogens is 2. The van der Waals surface area contributed by atoms with E-state index in [1.807, 2.05) is 19.9 Å². The van der Waals surface area contributed by atoms with Crippen LogP contribution in [0.2, 0.25) is 0 Å². The average Bonchev–Trinajstić information content (AvgIpc) is 3.01. The molecule has 0 spiro atoms. The molecule has 1 aliphatic rings. The number of amides is 1. The van der Waals surface area contributed by atoms with Gasteiger partial charge in [0, 0.05) is 13.3 Å². The van der Waals surface area contributed by atoms with Crippen LogP contribution < -0.4 is 0 Å². The van der Waals surface area contributed by atoms with Gasteiger partial charge in [0.05, 0.1) is 28.5 Å². The summed E-state index contributed by atoms with van der Waals surface area (Å²) in [7, 11) is 9.53. The Bertz CT molecular complexity index is 788. The van der Waals surface area contributed by atoms with E-state index in [1.54, 1.807) is 0 Å². The fourth-order valence-corrected chi connectivity index (χ4v) is 2.76. The van der Waals surface area contributed by atoms with Crippen molar-refractivity contribution < 1.29 is 17.9 Å². The molecule has 0 fully saturated rings. The van der Waals surface area contributed by atoms with E-state index in [1.165, 1.54) is 23.6 Å². The van der Waals surface area contributed by atoms with Crippen LogP contribution in [0.4, 0.5) is 5.69 Å². The van der Waals surface area contributed by atoms with Crippen LogP contribution in [0.3, 0.4) is 0 Å². The van der Waals surface area contributed by atoms with Crippen LogP contribution in [0.1, 0.15) is 43.9 Å². The molecule has 1 aromatic carbocycles. The molecule has 0 saturated carbocycles. The van der Waals surface area contributed by atoms with Gasteiger partial charge in [-0.2, -0.15) is 0 Å². The van der Waals surface area contributed by atoms with Crippen LogP contribution in [-0.4, -0.2) is 23.0 Å². The number of rotatable bonds is 3. The van der Waals surface area contributed by atoms with Gasteiger partial charge in [-0.1, -0.05) is 23.8 Å². The van der Waals surface area contributed by atoms with Crippen molar-refractivity contribution in [1.82, 2.24) is 0 Å². The van der Waals surface area contributed by atoms with Gasteiger partial charge in [0.25, 0.3) is 0 Å². The third kappa shape index (κ3) is 6.81. The van der Waals surface area contributed by atoms with Gasteiger partial charge in [-0.05, 0) is 45.7 Å². The molecule has 2 rings (SSSR count). The van der Waals surface area contributed by atoms with Crippen molar-refractivity contribution in [2.24, 2.45) is 15.0 Å². The van der Waals surface area contributed by atoms with Gasteiger partial charge in [0.2, 0.25) is 5.91 Å². The molecule has 7 heteroatoms. The standard InChI is InChI=1S/C19H23N3O.2ClH.Fe/c1-11-9-12(2)19(13(3)10-11)21-15(5)18-8-7-17(22-18)14(4)20-16(6)23;;;/h8-10H,7H2,1-6H3;2*1H;/q;;;+2/p-2. The molecule has 1 heterocycles. The van der Waals surface area contributed by atoms with Gasteiger partial charge >= 0.3 is 33.3 Å². The fourth-order valence-electron chi connectivity index (χ4n) is 2.76. The topological polar surface area (TPSA) is 54.1 Å². The molecule has 0 atom stereocenters. The fraction of sp³-hybridized carbons (Fsp3) is 0.368. The molecular formula is C19H23Cl2FeN3O. The molecule has 4 nitrogen and oxygen atoms in total. The van der Waals surface area contributed by atoms with Crippen LogP contribution in [0.25, 0.3) is 0 Å². The number of carbonyl (C=O) groups is 1. The van der Waals surface area contributed by atoms with E-state index in [-0.39, 0.29) is 19.0 Å². The Labute approximate surface area is 170 Å². The summed E-state index contributed by atoms with van der Waals surface area (Å²) < 4.78 is 0. The Balaban J connectivity index is 0.00000105. The number of benzene rings is 1. The zero-order chi connectivity index (χ0) is 19.9. The number of nitrogens with zero attached hydrogens (tertiary/aromatic N) is 3. The first kappa shape index (κ1) is 22.8.